The predicted molar refractivity (Wildman–Crippen MR) is 53.1 cm³/mol. The Morgan fingerprint density at radius 2 is 2.50 bits per heavy atom. The summed E-state index contributed by atoms with van der Waals surface area (Å²) in [6.45, 7) is 4.90. The highest BCUT2D eigenvalue weighted by Crippen LogP contribution is 2.16. The van der Waals surface area contributed by atoms with Gasteiger partial charge in [0.1, 0.15) is 0 Å². The zero-order valence-electron chi connectivity index (χ0n) is 7.50. The molecule has 0 saturated carbocycles. The van der Waals surface area contributed by atoms with Crippen LogP contribution in [0.15, 0.2) is 6.33 Å². The van der Waals surface area contributed by atoms with E-state index in [4.69, 9.17) is 5.73 Å². The van der Waals surface area contributed by atoms with Crippen molar-refractivity contribution in [3.05, 3.63) is 17.7 Å². The fourth-order valence-corrected chi connectivity index (χ4v) is 1.69. The van der Waals surface area contributed by atoms with Gasteiger partial charge in [0.15, 0.2) is 0 Å². The van der Waals surface area contributed by atoms with Crippen LogP contribution in [-0.4, -0.2) is 21.8 Å². The molecule has 3 nitrogen and oxygen atoms in total. The highest BCUT2D eigenvalue weighted by molar-refractivity contribution is 7.99. The number of imidazole rings is 1. The average Bonchev–Trinajstić information content (AvgIpc) is 2.47. The van der Waals surface area contributed by atoms with Crippen molar-refractivity contribution in [2.75, 3.05) is 6.54 Å². The molecule has 0 bridgehead atoms. The standard InChI is InChI=1S/C8H15N3S/c1-6(3-9)12-4-8-7(2)10-5-11-8/h5-6H,3-4,9H2,1-2H3,(H,10,11)/t6-/m1/s1. The van der Waals surface area contributed by atoms with Gasteiger partial charge < -0.3 is 10.7 Å². The van der Waals surface area contributed by atoms with E-state index in [1.54, 1.807) is 6.33 Å². The third-order valence-electron chi connectivity index (χ3n) is 1.77. The van der Waals surface area contributed by atoms with E-state index >= 15 is 0 Å². The van der Waals surface area contributed by atoms with Gasteiger partial charge in [-0.05, 0) is 6.92 Å². The Labute approximate surface area is 77.1 Å². The van der Waals surface area contributed by atoms with Gasteiger partial charge in [-0.25, -0.2) is 4.98 Å². The number of aromatic nitrogens is 2. The van der Waals surface area contributed by atoms with Crippen molar-refractivity contribution in [1.82, 2.24) is 9.97 Å². The number of hydrogen-bond donors (Lipinski definition) is 2. The lowest BCUT2D eigenvalue weighted by molar-refractivity contribution is 0.949. The fourth-order valence-electron chi connectivity index (χ4n) is 0.822. The Morgan fingerprint density at radius 1 is 1.75 bits per heavy atom. The highest BCUT2D eigenvalue weighted by Gasteiger charge is 2.04. The third-order valence-corrected chi connectivity index (χ3v) is 2.97. The minimum atomic E-state index is 0.515. The van der Waals surface area contributed by atoms with E-state index in [1.807, 2.05) is 18.7 Å². The van der Waals surface area contributed by atoms with Crippen molar-refractivity contribution in [3.8, 4) is 0 Å². The van der Waals surface area contributed by atoms with Gasteiger partial charge in [-0.2, -0.15) is 11.8 Å². The Balaban J connectivity index is 2.38. The molecular formula is C8H15N3S. The first-order valence-corrected chi connectivity index (χ1v) is 5.09. The maximum Gasteiger partial charge on any atom is 0.0925 e. The summed E-state index contributed by atoms with van der Waals surface area (Å²) in [4.78, 5) is 7.26. The van der Waals surface area contributed by atoms with Crippen LogP contribution in [0.4, 0.5) is 0 Å². The van der Waals surface area contributed by atoms with Gasteiger partial charge in [0.25, 0.3) is 0 Å². The van der Waals surface area contributed by atoms with Crippen LogP contribution >= 0.6 is 11.8 Å². The van der Waals surface area contributed by atoms with Crippen molar-refractivity contribution >= 4 is 11.8 Å². The summed E-state index contributed by atoms with van der Waals surface area (Å²) in [5, 5.41) is 0.515. The van der Waals surface area contributed by atoms with E-state index in [2.05, 4.69) is 16.9 Å². The molecule has 0 aromatic carbocycles. The van der Waals surface area contributed by atoms with E-state index in [9.17, 15) is 0 Å². The van der Waals surface area contributed by atoms with Gasteiger partial charge in [-0.1, -0.05) is 6.92 Å². The second-order valence-corrected chi connectivity index (χ2v) is 4.26. The molecule has 0 fully saturated rings. The zero-order chi connectivity index (χ0) is 8.97. The maximum absolute atomic E-state index is 5.50. The van der Waals surface area contributed by atoms with E-state index in [0.29, 0.717) is 5.25 Å². The minimum Gasteiger partial charge on any atom is -0.348 e. The summed E-state index contributed by atoms with van der Waals surface area (Å²) in [7, 11) is 0. The van der Waals surface area contributed by atoms with Crippen LogP contribution in [0.25, 0.3) is 0 Å². The summed E-state index contributed by atoms with van der Waals surface area (Å²) in [5.41, 5.74) is 7.80. The van der Waals surface area contributed by atoms with Gasteiger partial charge in [-0.15, -0.1) is 0 Å². The number of aryl methyl sites for hydroxylation is 1. The highest BCUT2D eigenvalue weighted by atomic mass is 32.2. The topological polar surface area (TPSA) is 54.7 Å². The Morgan fingerprint density at radius 3 is 3.00 bits per heavy atom. The molecule has 0 aliphatic heterocycles. The second-order valence-electron chi connectivity index (χ2n) is 2.83. The summed E-state index contributed by atoms with van der Waals surface area (Å²) < 4.78 is 0. The Hall–Kier alpha value is -0.480. The third kappa shape index (κ3) is 2.53. The molecule has 3 N–H and O–H groups in total. The van der Waals surface area contributed by atoms with Crippen LogP contribution in [-0.2, 0) is 5.75 Å². The number of nitrogens with zero attached hydrogens (tertiary/aromatic N) is 1. The molecule has 0 radical (unpaired) electrons. The lowest BCUT2D eigenvalue weighted by Crippen LogP contribution is -2.12. The molecule has 0 saturated heterocycles. The molecule has 0 aliphatic rings. The average molecular weight is 185 g/mol. The van der Waals surface area contributed by atoms with Gasteiger partial charge >= 0.3 is 0 Å². The number of H-pyrrole nitrogens is 1. The number of nitrogens with one attached hydrogen (secondary N) is 1. The molecule has 1 heterocycles. The Bertz CT molecular complexity index is 234. The Kier molecular flexibility index (Phi) is 3.62. The molecule has 0 aliphatic carbocycles. The van der Waals surface area contributed by atoms with Crippen molar-refractivity contribution in [3.63, 3.8) is 0 Å². The fraction of sp³-hybridized carbons (Fsp3) is 0.625. The second kappa shape index (κ2) is 4.52. The monoisotopic (exact) mass is 185 g/mol. The molecule has 1 aromatic rings. The largest absolute Gasteiger partial charge is 0.348 e. The van der Waals surface area contributed by atoms with E-state index < -0.39 is 0 Å². The molecular weight excluding hydrogens is 170 g/mol. The molecule has 0 unspecified atom stereocenters. The van der Waals surface area contributed by atoms with Crippen LogP contribution in [0, 0.1) is 6.92 Å². The summed E-state index contributed by atoms with van der Waals surface area (Å²) >= 11 is 1.84. The van der Waals surface area contributed by atoms with Crippen LogP contribution in [0.1, 0.15) is 18.3 Å². The smallest absolute Gasteiger partial charge is 0.0925 e. The molecule has 12 heavy (non-hydrogen) atoms. The maximum atomic E-state index is 5.50. The zero-order valence-corrected chi connectivity index (χ0v) is 8.32. The van der Waals surface area contributed by atoms with Gasteiger partial charge in [0.05, 0.1) is 12.0 Å². The van der Waals surface area contributed by atoms with Crippen molar-refractivity contribution < 1.29 is 0 Å². The van der Waals surface area contributed by atoms with Gasteiger partial charge in [0, 0.05) is 23.2 Å². The molecule has 1 aromatic heterocycles. The molecule has 1 rings (SSSR count). The van der Waals surface area contributed by atoms with Crippen molar-refractivity contribution in [2.24, 2.45) is 5.73 Å². The van der Waals surface area contributed by atoms with E-state index in [-0.39, 0.29) is 0 Å². The molecule has 0 spiro atoms. The van der Waals surface area contributed by atoms with E-state index in [0.717, 1.165) is 23.7 Å². The number of nitrogens with two attached hydrogens (primary N) is 1. The lowest BCUT2D eigenvalue weighted by atomic mass is 10.4. The van der Waals surface area contributed by atoms with Crippen LogP contribution < -0.4 is 5.73 Å². The van der Waals surface area contributed by atoms with Crippen LogP contribution in [0.5, 0.6) is 0 Å². The molecule has 68 valence electrons. The van der Waals surface area contributed by atoms with Crippen molar-refractivity contribution in [2.45, 2.75) is 24.9 Å². The summed E-state index contributed by atoms with van der Waals surface area (Å²) in [6.07, 6.45) is 1.73. The van der Waals surface area contributed by atoms with Gasteiger partial charge in [0.2, 0.25) is 0 Å². The quantitative estimate of drug-likeness (QED) is 0.743. The van der Waals surface area contributed by atoms with Crippen molar-refractivity contribution in [1.29, 1.82) is 0 Å². The number of hydrogen-bond acceptors (Lipinski definition) is 3. The predicted octanol–water partition coefficient (Wildman–Crippen LogP) is 1.30. The summed E-state index contributed by atoms with van der Waals surface area (Å²) in [6, 6.07) is 0. The molecule has 4 heteroatoms. The van der Waals surface area contributed by atoms with Crippen LogP contribution in [0.3, 0.4) is 0 Å². The minimum absolute atomic E-state index is 0.515. The normalized spacial score (nSPS) is 13.2. The van der Waals surface area contributed by atoms with Crippen LogP contribution in [0.2, 0.25) is 0 Å². The first kappa shape index (κ1) is 9.61. The SMILES string of the molecule is Cc1[nH]cnc1CS[C@H](C)CN. The number of thioether (sulfide) groups is 1. The lowest BCUT2D eigenvalue weighted by Gasteiger charge is -2.06. The van der Waals surface area contributed by atoms with Gasteiger partial charge in [-0.3, -0.25) is 0 Å². The first-order chi connectivity index (χ1) is 5.74. The van der Waals surface area contributed by atoms with E-state index in [1.165, 1.54) is 0 Å². The number of rotatable bonds is 4. The molecule has 0 amide bonds. The number of aromatic amines is 1. The summed E-state index contributed by atoms with van der Waals surface area (Å²) in [5.74, 6) is 0.952. The molecule has 1 atom stereocenters. The first-order valence-electron chi connectivity index (χ1n) is 4.04.